The summed E-state index contributed by atoms with van der Waals surface area (Å²) in [6.45, 7) is 1.42. The molecule has 0 amide bonds. The lowest BCUT2D eigenvalue weighted by Gasteiger charge is -2.12. The number of benzene rings is 1. The highest BCUT2D eigenvalue weighted by Crippen LogP contribution is 2.17. The van der Waals surface area contributed by atoms with Crippen molar-refractivity contribution in [3.63, 3.8) is 0 Å². The largest absolute Gasteiger partial charge is 0.356 e. The molecule has 2 N–H and O–H groups in total. The van der Waals surface area contributed by atoms with E-state index in [0.29, 0.717) is 6.54 Å². The number of thioether (sulfide) groups is 1. The Balaban J connectivity index is 2.36. The van der Waals surface area contributed by atoms with Crippen LogP contribution in [0.15, 0.2) is 27.7 Å². The first kappa shape index (κ1) is 17.3. The molecule has 0 unspecified atom stereocenters. The number of hydrogen-bond acceptors (Lipinski definition) is 2. The van der Waals surface area contributed by atoms with Gasteiger partial charge in [0, 0.05) is 24.6 Å². The lowest BCUT2D eigenvalue weighted by molar-refractivity contribution is 0.624. The number of unbranched alkanes of at least 4 members (excludes halogenated alkanes) is 1. The Morgan fingerprint density at radius 1 is 1.35 bits per heavy atom. The molecule has 1 rings (SSSR count). The highest BCUT2D eigenvalue weighted by Gasteiger charge is 2.03. The third-order valence-electron chi connectivity index (χ3n) is 2.75. The van der Waals surface area contributed by atoms with Gasteiger partial charge in [-0.1, -0.05) is 15.9 Å². The van der Waals surface area contributed by atoms with Gasteiger partial charge in [0.05, 0.1) is 0 Å². The quantitative estimate of drug-likeness (QED) is 0.444. The lowest BCUT2D eigenvalue weighted by Crippen LogP contribution is -2.37. The molecule has 1 aromatic rings. The van der Waals surface area contributed by atoms with E-state index < -0.39 is 0 Å². The fraction of sp³-hybridized carbons (Fsp3) is 0.500. The Hall–Kier alpha value is -0.750. The lowest BCUT2D eigenvalue weighted by atomic mass is 10.2. The van der Waals surface area contributed by atoms with Crippen LogP contribution in [-0.2, 0) is 6.54 Å². The normalized spacial score (nSPS) is 11.5. The van der Waals surface area contributed by atoms with Gasteiger partial charge >= 0.3 is 0 Å². The van der Waals surface area contributed by atoms with Gasteiger partial charge in [0.25, 0.3) is 0 Å². The average Bonchev–Trinajstić information content (AvgIpc) is 2.45. The van der Waals surface area contributed by atoms with Crippen LogP contribution in [0, 0.1) is 5.82 Å². The van der Waals surface area contributed by atoms with E-state index in [1.165, 1.54) is 24.3 Å². The van der Waals surface area contributed by atoms with Crippen molar-refractivity contribution in [2.75, 3.05) is 25.6 Å². The van der Waals surface area contributed by atoms with Crippen LogP contribution in [0.4, 0.5) is 4.39 Å². The first-order valence-electron chi connectivity index (χ1n) is 6.54. The fourth-order valence-corrected chi connectivity index (χ4v) is 2.54. The van der Waals surface area contributed by atoms with Crippen molar-refractivity contribution in [1.82, 2.24) is 10.6 Å². The van der Waals surface area contributed by atoms with Crippen LogP contribution in [0.25, 0.3) is 0 Å². The van der Waals surface area contributed by atoms with Crippen LogP contribution >= 0.6 is 27.7 Å². The summed E-state index contributed by atoms with van der Waals surface area (Å²) >= 11 is 5.28. The molecular weight excluding hydrogens is 341 g/mol. The first-order chi connectivity index (χ1) is 9.67. The molecule has 0 fully saturated rings. The third-order valence-corrected chi connectivity index (χ3v) is 4.22. The van der Waals surface area contributed by atoms with Gasteiger partial charge in [0.1, 0.15) is 5.82 Å². The van der Waals surface area contributed by atoms with Gasteiger partial charge in [-0.2, -0.15) is 11.8 Å². The molecule has 0 heterocycles. The summed E-state index contributed by atoms with van der Waals surface area (Å²) in [5.41, 5.74) is 0.871. The van der Waals surface area contributed by atoms with Gasteiger partial charge in [-0.25, -0.2) is 4.39 Å². The van der Waals surface area contributed by atoms with Gasteiger partial charge in [0.15, 0.2) is 5.96 Å². The van der Waals surface area contributed by atoms with Crippen LogP contribution in [-0.4, -0.2) is 31.6 Å². The topological polar surface area (TPSA) is 36.4 Å². The minimum Gasteiger partial charge on any atom is -0.356 e. The minimum absolute atomic E-state index is 0.231. The summed E-state index contributed by atoms with van der Waals surface area (Å²) < 4.78 is 14.1. The standard InChI is InChI=1S/C14H21BrFN3S/c1-17-14(18-7-3-4-8-20-2)19-10-11-9-12(16)5-6-13(11)15/h5-6,9H,3-4,7-8,10H2,1-2H3,(H2,17,18,19). The number of guanidine groups is 1. The number of aliphatic imine (C=N–C) groups is 1. The van der Waals surface area contributed by atoms with E-state index in [-0.39, 0.29) is 5.82 Å². The Morgan fingerprint density at radius 2 is 2.15 bits per heavy atom. The van der Waals surface area contributed by atoms with Crippen LogP contribution in [0.5, 0.6) is 0 Å². The van der Waals surface area contributed by atoms with E-state index in [1.807, 2.05) is 11.8 Å². The molecule has 0 bridgehead atoms. The minimum atomic E-state index is -0.231. The van der Waals surface area contributed by atoms with Crippen LogP contribution < -0.4 is 10.6 Å². The number of halogens is 2. The van der Waals surface area contributed by atoms with Gasteiger partial charge in [-0.15, -0.1) is 0 Å². The number of hydrogen-bond donors (Lipinski definition) is 2. The second-order valence-electron chi connectivity index (χ2n) is 4.29. The highest BCUT2D eigenvalue weighted by atomic mass is 79.9. The molecule has 1 aromatic carbocycles. The molecule has 0 saturated carbocycles. The van der Waals surface area contributed by atoms with E-state index in [1.54, 1.807) is 13.1 Å². The SMILES string of the molecule is CN=C(NCCCCSC)NCc1cc(F)ccc1Br. The fourth-order valence-electron chi connectivity index (χ4n) is 1.66. The maximum atomic E-state index is 13.2. The van der Waals surface area contributed by atoms with E-state index in [4.69, 9.17) is 0 Å². The maximum absolute atomic E-state index is 13.2. The van der Waals surface area contributed by atoms with Crippen molar-refractivity contribution in [2.24, 2.45) is 4.99 Å². The Morgan fingerprint density at radius 3 is 2.85 bits per heavy atom. The molecule has 112 valence electrons. The maximum Gasteiger partial charge on any atom is 0.191 e. The van der Waals surface area contributed by atoms with Gasteiger partial charge < -0.3 is 10.6 Å². The van der Waals surface area contributed by atoms with Crippen molar-refractivity contribution in [1.29, 1.82) is 0 Å². The van der Waals surface area contributed by atoms with Crippen molar-refractivity contribution in [3.8, 4) is 0 Å². The van der Waals surface area contributed by atoms with E-state index >= 15 is 0 Å². The zero-order chi connectivity index (χ0) is 14.8. The summed E-state index contributed by atoms with van der Waals surface area (Å²) in [6.07, 6.45) is 4.43. The van der Waals surface area contributed by atoms with Crippen molar-refractivity contribution < 1.29 is 4.39 Å². The summed E-state index contributed by atoms with van der Waals surface area (Å²) in [5, 5.41) is 6.43. The average molecular weight is 362 g/mol. The summed E-state index contributed by atoms with van der Waals surface area (Å²) in [5.74, 6) is 1.69. The summed E-state index contributed by atoms with van der Waals surface area (Å²) in [6, 6.07) is 4.67. The molecule has 3 nitrogen and oxygen atoms in total. The van der Waals surface area contributed by atoms with Gasteiger partial charge in [-0.3, -0.25) is 4.99 Å². The van der Waals surface area contributed by atoms with E-state index in [2.05, 4.69) is 37.8 Å². The third kappa shape index (κ3) is 6.61. The summed E-state index contributed by atoms with van der Waals surface area (Å²) in [7, 11) is 1.73. The molecule has 0 aliphatic rings. The van der Waals surface area contributed by atoms with Gasteiger partial charge in [0.2, 0.25) is 0 Å². The number of nitrogens with one attached hydrogen (secondary N) is 2. The number of rotatable bonds is 7. The number of nitrogens with zero attached hydrogens (tertiary/aromatic N) is 1. The molecule has 0 spiro atoms. The molecule has 0 saturated heterocycles. The smallest absolute Gasteiger partial charge is 0.191 e. The zero-order valence-corrected chi connectivity index (χ0v) is 14.3. The molecule has 0 aliphatic heterocycles. The van der Waals surface area contributed by atoms with E-state index in [0.717, 1.165) is 29.0 Å². The van der Waals surface area contributed by atoms with Crippen LogP contribution in [0.3, 0.4) is 0 Å². The van der Waals surface area contributed by atoms with Crippen molar-refractivity contribution in [3.05, 3.63) is 34.1 Å². The molecule has 0 radical (unpaired) electrons. The monoisotopic (exact) mass is 361 g/mol. The predicted octanol–water partition coefficient (Wildman–Crippen LogP) is 3.40. The molecule has 0 aromatic heterocycles. The van der Waals surface area contributed by atoms with Gasteiger partial charge in [-0.05, 0) is 48.6 Å². The molecular formula is C14H21BrFN3S. The zero-order valence-electron chi connectivity index (χ0n) is 11.9. The first-order valence-corrected chi connectivity index (χ1v) is 8.73. The predicted molar refractivity (Wildman–Crippen MR) is 89.9 cm³/mol. The Kier molecular flexibility index (Phi) is 8.69. The Bertz CT molecular complexity index is 440. The van der Waals surface area contributed by atoms with Crippen molar-refractivity contribution >= 4 is 33.7 Å². The molecule has 0 aliphatic carbocycles. The van der Waals surface area contributed by atoms with Crippen LogP contribution in [0.2, 0.25) is 0 Å². The molecule has 6 heteroatoms. The molecule has 0 atom stereocenters. The Labute approximate surface area is 133 Å². The van der Waals surface area contributed by atoms with Crippen LogP contribution in [0.1, 0.15) is 18.4 Å². The van der Waals surface area contributed by atoms with E-state index in [9.17, 15) is 4.39 Å². The van der Waals surface area contributed by atoms with Crippen molar-refractivity contribution in [2.45, 2.75) is 19.4 Å². The summed E-state index contributed by atoms with van der Waals surface area (Å²) in [4.78, 5) is 4.15. The highest BCUT2D eigenvalue weighted by molar-refractivity contribution is 9.10. The molecule has 20 heavy (non-hydrogen) atoms. The second kappa shape index (κ2) is 10.0. The second-order valence-corrected chi connectivity index (χ2v) is 6.13.